The van der Waals surface area contributed by atoms with Crippen LogP contribution in [0, 0.1) is 5.92 Å². The van der Waals surface area contributed by atoms with Crippen LogP contribution in [0.3, 0.4) is 0 Å². The summed E-state index contributed by atoms with van der Waals surface area (Å²) in [6.45, 7) is 4.14. The van der Waals surface area contributed by atoms with Crippen molar-refractivity contribution in [2.75, 3.05) is 18.0 Å². The van der Waals surface area contributed by atoms with E-state index in [9.17, 15) is 9.59 Å². The number of rotatable bonds is 3. The van der Waals surface area contributed by atoms with Crippen LogP contribution >= 0.6 is 0 Å². The predicted molar refractivity (Wildman–Crippen MR) is 69.0 cm³/mol. The first-order valence-electron chi connectivity index (χ1n) is 6.20. The maximum absolute atomic E-state index is 11.4. The summed E-state index contributed by atoms with van der Waals surface area (Å²) in [4.78, 5) is 24.3. The number of carbonyl (C=O) groups excluding carboxylic acids is 1. The number of benzene rings is 1. The molecule has 4 heteroatoms. The normalized spacial score (nSPS) is 19.6. The Morgan fingerprint density at radius 1 is 1.39 bits per heavy atom. The highest BCUT2D eigenvalue weighted by Gasteiger charge is 2.19. The van der Waals surface area contributed by atoms with Gasteiger partial charge in [-0.25, -0.2) is 4.79 Å². The number of ketones is 1. The number of hydrogen-bond acceptors (Lipinski definition) is 3. The number of nitrogens with zero attached hydrogens (tertiary/aromatic N) is 1. The molecule has 0 saturated carbocycles. The van der Waals surface area contributed by atoms with E-state index >= 15 is 0 Å². The minimum Gasteiger partial charge on any atom is -0.475 e. The molecule has 0 aliphatic carbocycles. The number of Topliss-reactive ketones (excluding diaryl/α,β-unsaturated/α-hetero) is 1. The van der Waals surface area contributed by atoms with Gasteiger partial charge in [0.2, 0.25) is 0 Å². The van der Waals surface area contributed by atoms with Gasteiger partial charge in [0.1, 0.15) is 0 Å². The van der Waals surface area contributed by atoms with Crippen molar-refractivity contribution < 1.29 is 14.7 Å². The fourth-order valence-electron chi connectivity index (χ4n) is 2.39. The number of carboxylic acid groups (broad SMARTS) is 1. The maximum Gasteiger partial charge on any atom is 0.377 e. The molecule has 1 aromatic carbocycles. The Hall–Kier alpha value is -1.84. The summed E-state index contributed by atoms with van der Waals surface area (Å²) in [6.07, 6.45) is 2.36. The molecule has 0 bridgehead atoms. The van der Waals surface area contributed by atoms with Gasteiger partial charge in [-0.3, -0.25) is 4.79 Å². The van der Waals surface area contributed by atoms with E-state index in [1.165, 1.54) is 6.42 Å². The summed E-state index contributed by atoms with van der Waals surface area (Å²) < 4.78 is 0. The van der Waals surface area contributed by atoms with Crippen LogP contribution in [0.2, 0.25) is 0 Å². The Bertz CT molecular complexity index is 470. The molecular weight excluding hydrogens is 230 g/mol. The van der Waals surface area contributed by atoms with E-state index in [0.717, 1.165) is 25.2 Å². The Kier molecular flexibility index (Phi) is 3.65. The first-order valence-corrected chi connectivity index (χ1v) is 6.20. The van der Waals surface area contributed by atoms with Crippen LogP contribution in [0.4, 0.5) is 5.69 Å². The number of anilines is 1. The van der Waals surface area contributed by atoms with Crippen molar-refractivity contribution in [2.24, 2.45) is 5.92 Å². The van der Waals surface area contributed by atoms with Crippen molar-refractivity contribution in [1.29, 1.82) is 0 Å². The zero-order valence-corrected chi connectivity index (χ0v) is 10.4. The molecule has 1 aliphatic heterocycles. The lowest BCUT2D eigenvalue weighted by Gasteiger charge is -2.32. The van der Waals surface area contributed by atoms with Gasteiger partial charge in [0.25, 0.3) is 5.78 Å². The predicted octanol–water partition coefficient (Wildman–Crippen LogP) is 2.19. The third-order valence-electron chi connectivity index (χ3n) is 3.32. The van der Waals surface area contributed by atoms with Crippen LogP contribution in [0.1, 0.15) is 30.1 Å². The number of carboxylic acids is 1. The quantitative estimate of drug-likeness (QED) is 0.657. The van der Waals surface area contributed by atoms with E-state index in [4.69, 9.17) is 5.11 Å². The number of aliphatic carboxylic acids is 1. The minimum absolute atomic E-state index is 0.248. The molecular formula is C14H17NO3. The molecule has 0 aromatic heterocycles. The molecule has 1 aromatic rings. The Balaban J connectivity index is 2.21. The third-order valence-corrected chi connectivity index (χ3v) is 3.32. The molecule has 1 atom stereocenters. The van der Waals surface area contributed by atoms with Crippen LogP contribution in [0.5, 0.6) is 0 Å². The lowest BCUT2D eigenvalue weighted by Crippen LogP contribution is -2.34. The molecule has 2 rings (SSSR count). The summed E-state index contributed by atoms with van der Waals surface area (Å²) >= 11 is 0. The second-order valence-corrected chi connectivity index (χ2v) is 4.88. The van der Waals surface area contributed by atoms with Crippen molar-refractivity contribution in [2.45, 2.75) is 19.8 Å². The summed E-state index contributed by atoms with van der Waals surface area (Å²) in [5.74, 6) is -1.61. The second kappa shape index (κ2) is 5.21. The molecule has 1 fully saturated rings. The monoisotopic (exact) mass is 247 g/mol. The summed E-state index contributed by atoms with van der Waals surface area (Å²) in [5.41, 5.74) is 1.19. The van der Waals surface area contributed by atoms with E-state index in [1.54, 1.807) is 18.2 Å². The lowest BCUT2D eigenvalue weighted by atomic mass is 9.99. The Labute approximate surface area is 106 Å². The van der Waals surface area contributed by atoms with Crippen LogP contribution < -0.4 is 4.90 Å². The van der Waals surface area contributed by atoms with Gasteiger partial charge in [-0.05, 0) is 30.9 Å². The fraction of sp³-hybridized carbons (Fsp3) is 0.429. The fourth-order valence-corrected chi connectivity index (χ4v) is 2.39. The largest absolute Gasteiger partial charge is 0.475 e. The van der Waals surface area contributed by atoms with Gasteiger partial charge in [-0.15, -0.1) is 0 Å². The SMILES string of the molecule is CC1CCCN(c2cccc(C(=O)C(=O)O)c2)C1. The molecule has 18 heavy (non-hydrogen) atoms. The van der Waals surface area contributed by atoms with Crippen molar-refractivity contribution in [3.63, 3.8) is 0 Å². The third kappa shape index (κ3) is 2.70. The van der Waals surface area contributed by atoms with Gasteiger partial charge in [0.05, 0.1) is 0 Å². The molecule has 0 spiro atoms. The van der Waals surface area contributed by atoms with E-state index in [2.05, 4.69) is 11.8 Å². The Morgan fingerprint density at radius 3 is 2.83 bits per heavy atom. The average molecular weight is 247 g/mol. The summed E-state index contributed by atoms with van der Waals surface area (Å²) in [5, 5.41) is 8.72. The molecule has 4 nitrogen and oxygen atoms in total. The van der Waals surface area contributed by atoms with Crippen molar-refractivity contribution >= 4 is 17.4 Å². The number of hydrogen-bond donors (Lipinski definition) is 1. The van der Waals surface area contributed by atoms with Gasteiger partial charge in [0.15, 0.2) is 0 Å². The smallest absolute Gasteiger partial charge is 0.377 e. The zero-order valence-electron chi connectivity index (χ0n) is 10.4. The van der Waals surface area contributed by atoms with Crippen LogP contribution in [0.25, 0.3) is 0 Å². The molecule has 0 amide bonds. The lowest BCUT2D eigenvalue weighted by molar-refractivity contribution is -0.131. The highest BCUT2D eigenvalue weighted by molar-refractivity contribution is 6.39. The molecule has 1 unspecified atom stereocenters. The van der Waals surface area contributed by atoms with Crippen LogP contribution in [-0.4, -0.2) is 29.9 Å². The topological polar surface area (TPSA) is 57.6 Å². The highest BCUT2D eigenvalue weighted by atomic mass is 16.4. The standard InChI is InChI=1S/C14H17NO3/c1-10-4-3-7-15(9-10)12-6-2-5-11(8-12)13(16)14(17)18/h2,5-6,8,10H,3-4,7,9H2,1H3,(H,17,18). The van der Waals surface area contributed by atoms with E-state index in [-0.39, 0.29) is 5.56 Å². The first-order chi connectivity index (χ1) is 8.58. The number of piperidine rings is 1. The molecule has 1 saturated heterocycles. The van der Waals surface area contributed by atoms with Crippen LogP contribution in [0.15, 0.2) is 24.3 Å². The van der Waals surface area contributed by atoms with Gasteiger partial charge in [-0.1, -0.05) is 19.1 Å². The van der Waals surface area contributed by atoms with Crippen molar-refractivity contribution in [1.82, 2.24) is 0 Å². The first kappa shape index (κ1) is 12.6. The van der Waals surface area contributed by atoms with Gasteiger partial charge >= 0.3 is 5.97 Å². The maximum atomic E-state index is 11.4. The molecule has 96 valence electrons. The zero-order chi connectivity index (χ0) is 13.1. The average Bonchev–Trinajstić information content (AvgIpc) is 2.38. The summed E-state index contributed by atoms with van der Waals surface area (Å²) in [7, 11) is 0. The highest BCUT2D eigenvalue weighted by Crippen LogP contribution is 2.23. The van der Waals surface area contributed by atoms with E-state index in [1.807, 2.05) is 6.07 Å². The molecule has 1 heterocycles. The van der Waals surface area contributed by atoms with Gasteiger partial charge in [-0.2, -0.15) is 0 Å². The molecule has 1 aliphatic rings. The molecule has 0 radical (unpaired) electrons. The van der Waals surface area contributed by atoms with Crippen molar-refractivity contribution in [3.05, 3.63) is 29.8 Å². The van der Waals surface area contributed by atoms with Crippen LogP contribution in [-0.2, 0) is 4.79 Å². The number of carbonyl (C=O) groups is 2. The summed E-state index contributed by atoms with van der Waals surface area (Å²) in [6, 6.07) is 6.89. The van der Waals surface area contributed by atoms with E-state index in [0.29, 0.717) is 5.92 Å². The Morgan fingerprint density at radius 2 is 2.17 bits per heavy atom. The van der Waals surface area contributed by atoms with Crippen molar-refractivity contribution in [3.8, 4) is 0 Å². The minimum atomic E-state index is -1.40. The van der Waals surface area contributed by atoms with Gasteiger partial charge in [0, 0.05) is 24.3 Å². The van der Waals surface area contributed by atoms with E-state index < -0.39 is 11.8 Å². The second-order valence-electron chi connectivity index (χ2n) is 4.88. The molecule has 1 N–H and O–H groups in total. The van der Waals surface area contributed by atoms with Gasteiger partial charge < -0.3 is 10.0 Å².